The molecule has 3 aromatic rings. The van der Waals surface area contributed by atoms with Crippen molar-refractivity contribution in [3.8, 4) is 0 Å². The molecule has 0 N–H and O–H groups in total. The van der Waals surface area contributed by atoms with Crippen molar-refractivity contribution in [1.82, 2.24) is 0 Å². The molecule has 0 bridgehead atoms. The lowest BCUT2D eigenvalue weighted by atomic mass is 10.1. The van der Waals surface area contributed by atoms with Gasteiger partial charge in [-0.1, -0.05) is 35.6 Å². The summed E-state index contributed by atoms with van der Waals surface area (Å²) < 4.78 is 3.91. The van der Waals surface area contributed by atoms with Crippen molar-refractivity contribution in [2.45, 2.75) is 25.8 Å². The van der Waals surface area contributed by atoms with Gasteiger partial charge in [-0.2, -0.15) is 4.57 Å². The summed E-state index contributed by atoms with van der Waals surface area (Å²) in [7, 11) is 4.16. The molecule has 0 unspecified atom stereocenters. The first-order valence-corrected chi connectivity index (χ1v) is 9.44. The number of thiazole rings is 1. The third kappa shape index (κ3) is 3.65. The molecule has 2 heterocycles. The van der Waals surface area contributed by atoms with Gasteiger partial charge in [0.1, 0.15) is 4.70 Å². The van der Waals surface area contributed by atoms with Crippen molar-refractivity contribution in [3.63, 3.8) is 0 Å². The van der Waals surface area contributed by atoms with Gasteiger partial charge in [-0.25, -0.2) is 0 Å². The van der Waals surface area contributed by atoms with E-state index in [-0.39, 0.29) is 17.0 Å². The van der Waals surface area contributed by atoms with E-state index >= 15 is 0 Å². The second-order valence-electron chi connectivity index (χ2n) is 6.64. The zero-order valence-electron chi connectivity index (χ0n) is 14.7. The summed E-state index contributed by atoms with van der Waals surface area (Å²) in [5, 5.41) is 1.44. The van der Waals surface area contributed by atoms with E-state index in [1.165, 1.54) is 51.3 Å². The predicted octanol–water partition coefficient (Wildman–Crippen LogP) is 1.98. The van der Waals surface area contributed by atoms with Crippen molar-refractivity contribution in [2.75, 3.05) is 19.0 Å². The van der Waals surface area contributed by atoms with Crippen LogP contribution in [0.5, 0.6) is 0 Å². The van der Waals surface area contributed by atoms with E-state index in [0.29, 0.717) is 0 Å². The monoisotopic (exact) mass is 414 g/mol. The van der Waals surface area contributed by atoms with Gasteiger partial charge in [0.25, 0.3) is 5.01 Å². The largest absolute Gasteiger partial charge is 1.00 e. The van der Waals surface area contributed by atoms with Crippen molar-refractivity contribution in [3.05, 3.63) is 59.1 Å². The maximum Gasteiger partial charge on any atom is 0.265 e. The van der Waals surface area contributed by atoms with E-state index in [9.17, 15) is 0 Å². The van der Waals surface area contributed by atoms with E-state index in [0.717, 1.165) is 6.54 Å². The quantitative estimate of drug-likeness (QED) is 0.581. The molecule has 0 atom stereocenters. The number of anilines is 1. The highest BCUT2D eigenvalue weighted by molar-refractivity contribution is 7.19. The van der Waals surface area contributed by atoms with Gasteiger partial charge in [-0.3, -0.25) is 0 Å². The summed E-state index contributed by atoms with van der Waals surface area (Å²) in [6.07, 6.45) is 6.08. The fraction of sp³-hybridized carbons (Fsp3) is 0.286. The first kappa shape index (κ1) is 18.2. The van der Waals surface area contributed by atoms with Crippen LogP contribution in [-0.2, 0) is 6.54 Å². The molecule has 2 nitrogen and oxygen atoms in total. The Morgan fingerprint density at radius 1 is 1.00 bits per heavy atom. The fourth-order valence-corrected chi connectivity index (χ4v) is 4.62. The normalized spacial score (nSPS) is 15.5. The molecule has 0 saturated heterocycles. The Labute approximate surface area is 164 Å². The second-order valence-corrected chi connectivity index (χ2v) is 7.67. The minimum Gasteiger partial charge on any atom is -1.00 e. The molecular formula is C21H23BrN2S. The molecule has 0 amide bonds. The lowest BCUT2D eigenvalue weighted by molar-refractivity contribution is -0.668. The van der Waals surface area contributed by atoms with E-state index in [2.05, 4.69) is 78.2 Å². The fourth-order valence-electron chi connectivity index (χ4n) is 3.39. The Hall–Kier alpha value is -1.65. The molecule has 1 aliphatic heterocycles. The van der Waals surface area contributed by atoms with Crippen molar-refractivity contribution in [1.29, 1.82) is 0 Å². The maximum absolute atomic E-state index is 2.52. The molecule has 0 aliphatic carbocycles. The van der Waals surface area contributed by atoms with Gasteiger partial charge < -0.3 is 21.9 Å². The van der Waals surface area contributed by atoms with Crippen molar-refractivity contribution >= 4 is 38.9 Å². The van der Waals surface area contributed by atoms with Gasteiger partial charge in [0.15, 0.2) is 6.54 Å². The Morgan fingerprint density at radius 2 is 1.76 bits per heavy atom. The van der Waals surface area contributed by atoms with Crippen molar-refractivity contribution < 1.29 is 21.5 Å². The highest BCUT2D eigenvalue weighted by Crippen LogP contribution is 2.32. The topological polar surface area (TPSA) is 7.12 Å². The number of para-hydroxylation sites is 1. The summed E-state index contributed by atoms with van der Waals surface area (Å²) >= 11 is 1.93. The minimum absolute atomic E-state index is 0. The lowest BCUT2D eigenvalue weighted by Crippen LogP contribution is -3.00. The number of hydrogen-bond donors (Lipinski definition) is 0. The number of fused-ring (bicyclic) bond motifs is 3. The zero-order valence-corrected chi connectivity index (χ0v) is 17.1. The van der Waals surface area contributed by atoms with Gasteiger partial charge in [0.2, 0.25) is 5.52 Å². The van der Waals surface area contributed by atoms with Gasteiger partial charge in [0, 0.05) is 37.8 Å². The molecule has 0 radical (unpaired) electrons. The molecule has 130 valence electrons. The Morgan fingerprint density at radius 3 is 2.52 bits per heavy atom. The molecule has 4 rings (SSSR count). The number of allylic oxidation sites excluding steroid dienone is 1. The van der Waals surface area contributed by atoms with Crippen LogP contribution >= 0.6 is 11.3 Å². The summed E-state index contributed by atoms with van der Waals surface area (Å²) in [4.78, 5) is 2.14. The molecule has 0 fully saturated rings. The maximum atomic E-state index is 2.52. The van der Waals surface area contributed by atoms with E-state index in [4.69, 9.17) is 0 Å². The zero-order chi connectivity index (χ0) is 16.5. The average molecular weight is 415 g/mol. The third-order valence-corrected chi connectivity index (χ3v) is 5.95. The van der Waals surface area contributed by atoms with Gasteiger partial charge in [-0.15, -0.1) is 0 Å². The first-order valence-electron chi connectivity index (χ1n) is 8.62. The molecule has 2 aromatic carbocycles. The van der Waals surface area contributed by atoms with Crippen LogP contribution in [0.1, 0.15) is 29.8 Å². The summed E-state index contributed by atoms with van der Waals surface area (Å²) in [6.45, 7) is 1.14. The van der Waals surface area contributed by atoms with E-state index in [1.54, 1.807) is 0 Å². The van der Waals surface area contributed by atoms with Crippen molar-refractivity contribution in [2.24, 2.45) is 0 Å². The number of nitrogens with zero attached hydrogens (tertiary/aromatic N) is 2. The third-order valence-electron chi connectivity index (χ3n) is 4.71. The lowest BCUT2D eigenvalue weighted by Gasteiger charge is -2.12. The van der Waals surface area contributed by atoms with Crippen LogP contribution in [0, 0.1) is 0 Å². The van der Waals surface area contributed by atoms with Gasteiger partial charge in [-0.05, 0) is 42.7 Å². The van der Waals surface area contributed by atoms with Gasteiger partial charge >= 0.3 is 0 Å². The minimum atomic E-state index is 0. The standard InChI is InChI=1S/C21H23N2S.BrH/c1-22(2)18-12-10-16(11-13-18)15-17-7-5-6-14-23-19-8-3-4-9-20(19)24-21(17)23;/h3-4,8-13,15H,5-7,14H2,1-2H3;1H/q+1;/p-1. The van der Waals surface area contributed by atoms with Crippen LogP contribution in [0.4, 0.5) is 5.69 Å². The Balaban J connectivity index is 0.00000182. The summed E-state index contributed by atoms with van der Waals surface area (Å²) in [5.41, 5.74) is 5.40. The number of benzene rings is 2. The van der Waals surface area contributed by atoms with Crippen LogP contribution in [0.2, 0.25) is 0 Å². The molecule has 0 spiro atoms. The van der Waals surface area contributed by atoms with E-state index < -0.39 is 0 Å². The molecular weight excluding hydrogens is 392 g/mol. The van der Waals surface area contributed by atoms with E-state index in [1.807, 2.05) is 11.3 Å². The number of rotatable bonds is 2. The van der Waals surface area contributed by atoms with Crippen LogP contribution in [0.15, 0.2) is 48.5 Å². The number of aromatic nitrogens is 1. The summed E-state index contributed by atoms with van der Waals surface area (Å²) in [5.74, 6) is 0. The Bertz CT molecular complexity index is 894. The van der Waals surface area contributed by atoms with Crippen LogP contribution in [-0.4, -0.2) is 14.1 Å². The second kappa shape index (κ2) is 7.71. The summed E-state index contributed by atoms with van der Waals surface area (Å²) in [6, 6.07) is 17.6. The number of hydrogen-bond acceptors (Lipinski definition) is 2. The molecule has 1 aromatic heterocycles. The molecule has 1 aliphatic rings. The van der Waals surface area contributed by atoms with Crippen LogP contribution < -0.4 is 26.4 Å². The Kier molecular flexibility index (Phi) is 5.60. The van der Waals surface area contributed by atoms with Crippen LogP contribution in [0.3, 0.4) is 0 Å². The highest BCUT2D eigenvalue weighted by Gasteiger charge is 2.25. The smallest absolute Gasteiger partial charge is 0.265 e. The average Bonchev–Trinajstić information content (AvgIpc) is 2.85. The number of halogens is 1. The molecule has 4 heteroatoms. The predicted molar refractivity (Wildman–Crippen MR) is 105 cm³/mol. The highest BCUT2D eigenvalue weighted by atomic mass is 79.9. The van der Waals surface area contributed by atoms with Crippen LogP contribution in [0.25, 0.3) is 21.9 Å². The molecule has 25 heavy (non-hydrogen) atoms. The van der Waals surface area contributed by atoms with Gasteiger partial charge in [0.05, 0.1) is 0 Å². The SMILES string of the molecule is CN(C)c1ccc(/C=C2\CCCC[n+]3c2sc2ccccc23)cc1.[Br-]. The molecule has 0 saturated carbocycles. The first-order chi connectivity index (χ1) is 11.7. The number of aryl methyl sites for hydroxylation is 1.